The summed E-state index contributed by atoms with van der Waals surface area (Å²) in [6, 6.07) is 19.3. The van der Waals surface area contributed by atoms with Crippen LogP contribution in [0.5, 0.6) is 0 Å². The number of rotatable bonds is 11. The van der Waals surface area contributed by atoms with Gasteiger partial charge >= 0.3 is 12.2 Å². The number of carbonyl (C=O) groups is 4. The molecule has 0 bridgehead atoms. The number of amides is 4. The number of hydrogen-bond donors (Lipinski definition) is 4. The number of fused-ring (bicyclic) bond motifs is 6. The number of carbonyl (C=O) groups excluding carboxylic acids is 4. The normalized spacial score (nSPS) is 29.1. The number of aromatic nitrogens is 4. The Morgan fingerprint density at radius 2 is 1.19 bits per heavy atom. The van der Waals surface area contributed by atoms with Gasteiger partial charge in [0.1, 0.15) is 23.7 Å². The van der Waals surface area contributed by atoms with Gasteiger partial charge in [0, 0.05) is 29.7 Å². The van der Waals surface area contributed by atoms with Crippen molar-refractivity contribution in [2.75, 3.05) is 14.2 Å². The average Bonchev–Trinajstić information content (AvgIpc) is 3.90. The zero-order valence-corrected chi connectivity index (χ0v) is 39.1. The maximum absolute atomic E-state index is 14.1. The van der Waals surface area contributed by atoms with Crippen LogP contribution in [0.4, 0.5) is 9.59 Å². The molecule has 7 heterocycles. The molecule has 7 aliphatic rings. The highest BCUT2D eigenvalue weighted by Crippen LogP contribution is 2.71. The lowest BCUT2D eigenvalue weighted by Gasteiger charge is -2.65. The molecule has 4 saturated heterocycles. The predicted octanol–water partition coefficient (Wildman–Crippen LogP) is 8.34. The molecule has 0 radical (unpaired) electrons. The minimum absolute atomic E-state index is 0.0839. The zero-order chi connectivity index (χ0) is 46.4. The summed E-state index contributed by atoms with van der Waals surface area (Å²) in [7, 11) is 2.63. The highest BCUT2D eigenvalue weighted by atomic mass is 16.5. The summed E-state index contributed by atoms with van der Waals surface area (Å²) < 4.78 is 9.71. The fourth-order valence-electron chi connectivity index (χ4n) is 13.0. The Morgan fingerprint density at radius 3 is 1.73 bits per heavy atom. The van der Waals surface area contributed by atoms with Gasteiger partial charge in [0.25, 0.3) is 0 Å². The van der Waals surface area contributed by atoms with Gasteiger partial charge in [-0.2, -0.15) is 0 Å². The number of H-pyrrole nitrogens is 2. The standard InChI is InChI=1S/C52H59N9O6/c1-24(2)44(57-50(64)66-6)48(62)59-36-17-29(36)19-38(59)46-53-23-35(56-46)27-10-8-26(9-11-27)31-13-14-32(43-41-22-52(5)21-40(42(31)43)61(41)52)28-12-15-33-34(16-28)55-47(54-33)39-20-30-18-37(30)60(39)49(63)45(25(3)4)58-51(65)67-7/h8-16,23-25,29-30,36-41,44-45H,17-22H2,1-7H3,(H,53,56)(H,54,55)(H,57,64)(H,58,65)/t29?,30?,36?,37?,38-,39+,40?,41?,44-,45-,52?/m0/s1. The number of hydrogen-bond acceptors (Lipinski definition) is 9. The van der Waals surface area contributed by atoms with Crippen LogP contribution in [-0.4, -0.2) is 103 Å². The van der Waals surface area contributed by atoms with Gasteiger partial charge in [-0.05, 0) is 120 Å². The van der Waals surface area contributed by atoms with Crippen molar-refractivity contribution >= 4 is 35.0 Å². The lowest BCUT2D eigenvalue weighted by molar-refractivity contribution is -0.177. The Bertz CT molecular complexity index is 2870. The number of nitrogens with zero attached hydrogens (tertiary/aromatic N) is 5. The maximum atomic E-state index is 14.1. The van der Waals surface area contributed by atoms with E-state index in [1.165, 1.54) is 42.0 Å². The van der Waals surface area contributed by atoms with E-state index >= 15 is 0 Å². The molecular formula is C52H59N9O6. The van der Waals surface area contributed by atoms with Crippen LogP contribution in [0.3, 0.4) is 0 Å². The molecule has 3 aromatic carbocycles. The summed E-state index contributed by atoms with van der Waals surface area (Å²) in [4.78, 5) is 76.2. The largest absolute Gasteiger partial charge is 0.453 e. The molecule has 67 heavy (non-hydrogen) atoms. The molecule has 5 aromatic rings. The quantitative estimate of drug-likeness (QED) is 0.101. The minimum Gasteiger partial charge on any atom is -0.453 e. The van der Waals surface area contributed by atoms with E-state index in [2.05, 4.69) is 87.0 Å². The Labute approximate surface area is 389 Å². The van der Waals surface area contributed by atoms with Crippen molar-refractivity contribution in [3.63, 3.8) is 0 Å². The molecule has 6 fully saturated rings. The van der Waals surface area contributed by atoms with Crippen molar-refractivity contribution in [3.05, 3.63) is 83.6 Å². The Balaban J connectivity index is 0.815. The van der Waals surface area contributed by atoms with Crippen molar-refractivity contribution in [1.29, 1.82) is 0 Å². The van der Waals surface area contributed by atoms with Gasteiger partial charge in [0.05, 0.1) is 49.2 Å². The van der Waals surface area contributed by atoms with Crippen LogP contribution in [-0.2, 0) is 19.1 Å². The molecule has 12 rings (SSSR count). The third-order valence-electron chi connectivity index (χ3n) is 16.6. The van der Waals surface area contributed by atoms with Gasteiger partial charge in [0.2, 0.25) is 11.8 Å². The molecule has 15 heteroatoms. The van der Waals surface area contributed by atoms with Crippen molar-refractivity contribution in [2.45, 2.75) is 127 Å². The summed E-state index contributed by atoms with van der Waals surface area (Å²) >= 11 is 0. The number of ether oxygens (including phenoxy) is 2. The predicted molar refractivity (Wildman–Crippen MR) is 250 cm³/mol. The first-order chi connectivity index (χ1) is 32.2. The van der Waals surface area contributed by atoms with Gasteiger partial charge in [-0.25, -0.2) is 19.6 Å². The lowest BCUT2D eigenvalue weighted by Crippen LogP contribution is -2.66. The number of alkyl carbamates (subject to hydrolysis) is 2. The van der Waals surface area contributed by atoms with Crippen molar-refractivity contribution in [3.8, 4) is 33.5 Å². The molecule has 4 amide bonds. The Kier molecular flexibility index (Phi) is 9.53. The van der Waals surface area contributed by atoms with Crippen LogP contribution in [0.2, 0.25) is 0 Å². The van der Waals surface area contributed by atoms with Gasteiger partial charge in [-0.1, -0.05) is 70.2 Å². The van der Waals surface area contributed by atoms with Crippen LogP contribution in [0, 0.1) is 23.7 Å². The zero-order valence-electron chi connectivity index (χ0n) is 39.1. The van der Waals surface area contributed by atoms with Crippen molar-refractivity contribution in [2.24, 2.45) is 23.7 Å². The van der Waals surface area contributed by atoms with Gasteiger partial charge in [-0.3, -0.25) is 14.5 Å². The van der Waals surface area contributed by atoms with E-state index in [1.54, 1.807) is 0 Å². The second-order valence-electron chi connectivity index (χ2n) is 21.3. The third kappa shape index (κ3) is 6.53. The number of nitrogens with one attached hydrogen (secondary N) is 4. The molecular weight excluding hydrogens is 847 g/mol. The second kappa shape index (κ2) is 15.1. The summed E-state index contributed by atoms with van der Waals surface area (Å²) in [5.74, 6) is 2.08. The first-order valence-electron chi connectivity index (χ1n) is 24.2. The first-order valence-corrected chi connectivity index (χ1v) is 24.2. The highest BCUT2D eigenvalue weighted by Gasteiger charge is 2.66. The molecule has 2 aromatic heterocycles. The number of piperidine rings is 3. The van der Waals surface area contributed by atoms with Crippen LogP contribution in [0.1, 0.15) is 120 Å². The fraction of sp³-hybridized carbons (Fsp3) is 0.500. The summed E-state index contributed by atoms with van der Waals surface area (Å²) in [5.41, 5.74) is 11.7. The van der Waals surface area contributed by atoms with Gasteiger partial charge < -0.3 is 39.9 Å². The first kappa shape index (κ1) is 42.2. The summed E-state index contributed by atoms with van der Waals surface area (Å²) in [6.45, 7) is 10.2. The van der Waals surface area contributed by atoms with Crippen LogP contribution >= 0.6 is 0 Å². The number of benzene rings is 3. The van der Waals surface area contributed by atoms with E-state index in [9.17, 15) is 19.2 Å². The smallest absolute Gasteiger partial charge is 0.407 e. The van der Waals surface area contributed by atoms with Crippen molar-refractivity contribution in [1.82, 2.24) is 45.3 Å². The van der Waals surface area contributed by atoms with Crippen LogP contribution in [0.15, 0.2) is 60.8 Å². The Hall–Kier alpha value is -6.22. The molecule has 5 aliphatic heterocycles. The Morgan fingerprint density at radius 1 is 0.672 bits per heavy atom. The molecule has 0 spiro atoms. The number of methoxy groups -OCH3 is 2. The number of imidazole rings is 2. The number of likely N-dealkylation sites (tertiary alicyclic amines) is 2. The summed E-state index contributed by atoms with van der Waals surface area (Å²) in [5, 5.41) is 5.55. The SMILES string of the molecule is COC(=O)N[C@H](C(=O)N1C2CC2C[C@@H]1c1nc2ccc(-c3ccc(-c4ccc(-c5cnc([C@@H]6CC7CC7N6C(=O)[C@@H](NC(=O)OC)C(C)C)[nH]5)cc4)c4c3C3CC5(C)CC4N35)cc2[nH]1)C(C)C. The molecule has 2 aliphatic carbocycles. The molecule has 4 N–H and O–H groups in total. The van der Waals surface area contributed by atoms with Crippen molar-refractivity contribution < 1.29 is 28.7 Å². The minimum atomic E-state index is -0.681. The van der Waals surface area contributed by atoms with Crippen LogP contribution < -0.4 is 10.6 Å². The topological polar surface area (TPSA) is 178 Å². The van der Waals surface area contributed by atoms with E-state index < -0.39 is 24.3 Å². The average molecular weight is 906 g/mol. The number of aromatic amines is 2. The second-order valence-corrected chi connectivity index (χ2v) is 21.3. The molecule has 11 atom stereocenters. The van der Waals surface area contributed by atoms with Crippen LogP contribution in [0.25, 0.3) is 44.5 Å². The molecule has 15 nitrogen and oxygen atoms in total. The van der Waals surface area contributed by atoms with Gasteiger partial charge in [-0.15, -0.1) is 0 Å². The van der Waals surface area contributed by atoms with E-state index in [0.29, 0.717) is 23.9 Å². The third-order valence-corrected chi connectivity index (χ3v) is 16.6. The van der Waals surface area contributed by atoms with E-state index in [4.69, 9.17) is 19.4 Å². The summed E-state index contributed by atoms with van der Waals surface area (Å²) in [6.07, 6.45) is 6.61. The molecule has 2 saturated carbocycles. The highest BCUT2D eigenvalue weighted by molar-refractivity contribution is 5.89. The van der Waals surface area contributed by atoms with E-state index in [1.807, 2.05) is 43.7 Å². The monoisotopic (exact) mass is 905 g/mol. The van der Waals surface area contributed by atoms with Gasteiger partial charge in [0.15, 0.2) is 0 Å². The van der Waals surface area contributed by atoms with E-state index in [0.717, 1.165) is 78.0 Å². The molecule has 348 valence electrons. The molecule has 7 unspecified atom stereocenters. The maximum Gasteiger partial charge on any atom is 0.407 e. The fourth-order valence-corrected chi connectivity index (χ4v) is 13.0. The lowest BCUT2D eigenvalue weighted by atomic mass is 9.68. The van der Waals surface area contributed by atoms with E-state index in [-0.39, 0.29) is 53.4 Å².